The fourth-order valence-electron chi connectivity index (χ4n) is 6.17. The first-order chi connectivity index (χ1) is 21.7. The average Bonchev–Trinajstić information content (AvgIpc) is 3.03. The second-order valence-electron chi connectivity index (χ2n) is 13.5. The van der Waals surface area contributed by atoms with Gasteiger partial charge in [0.2, 0.25) is 0 Å². The van der Waals surface area contributed by atoms with E-state index in [0.29, 0.717) is 32.3 Å². The van der Waals surface area contributed by atoms with Crippen LogP contribution in [0, 0.1) is 5.92 Å². The van der Waals surface area contributed by atoms with E-state index in [-0.39, 0.29) is 6.03 Å². The van der Waals surface area contributed by atoms with Crippen molar-refractivity contribution in [3.8, 4) is 0 Å². The van der Waals surface area contributed by atoms with E-state index < -0.39 is 0 Å². The van der Waals surface area contributed by atoms with Gasteiger partial charge in [-0.25, -0.2) is 4.79 Å². The van der Waals surface area contributed by atoms with Gasteiger partial charge in [-0.1, -0.05) is 181 Å². The van der Waals surface area contributed by atoms with Crippen LogP contribution in [0.5, 0.6) is 0 Å². The lowest BCUT2D eigenvalue weighted by Crippen LogP contribution is -2.39. The second kappa shape index (κ2) is 38.4. The molecule has 5 nitrogen and oxygen atoms in total. The van der Waals surface area contributed by atoms with Crippen LogP contribution < -0.4 is 10.6 Å². The zero-order valence-electron chi connectivity index (χ0n) is 30.3. The molecule has 5 heteroatoms. The van der Waals surface area contributed by atoms with Gasteiger partial charge in [0.1, 0.15) is 0 Å². The van der Waals surface area contributed by atoms with Gasteiger partial charge in [-0.3, -0.25) is 0 Å². The summed E-state index contributed by atoms with van der Waals surface area (Å²) >= 11 is 0. The van der Waals surface area contributed by atoms with Gasteiger partial charge in [-0.2, -0.15) is 0 Å². The second-order valence-corrected chi connectivity index (χ2v) is 13.5. The molecule has 0 rings (SSSR count). The topological polar surface area (TPSA) is 59.6 Å². The first-order valence-corrected chi connectivity index (χ1v) is 19.8. The molecule has 0 aliphatic rings. The highest BCUT2D eigenvalue weighted by Gasteiger charge is 2.11. The highest BCUT2D eigenvalue weighted by atomic mass is 16.5. The molecule has 0 aliphatic heterocycles. The maximum atomic E-state index is 12.4. The zero-order valence-corrected chi connectivity index (χ0v) is 30.3. The van der Waals surface area contributed by atoms with E-state index in [1.807, 2.05) is 0 Å². The monoisotopic (exact) mass is 625 g/mol. The Hall–Kier alpha value is -0.810. The minimum atomic E-state index is -0.0254. The Labute approximate surface area is 276 Å². The van der Waals surface area contributed by atoms with Gasteiger partial charge in [0.05, 0.1) is 13.2 Å². The molecule has 0 saturated heterocycles. The Morgan fingerprint density at radius 1 is 0.477 bits per heavy atom. The molecular weight excluding hydrogens is 544 g/mol. The summed E-state index contributed by atoms with van der Waals surface area (Å²) in [7, 11) is 1.68. The average molecular weight is 625 g/mol. The molecular formula is C39H80N2O3. The highest BCUT2D eigenvalue weighted by Crippen LogP contribution is 2.20. The number of carbonyl (C=O) groups excluding carboxylic acids is 1. The van der Waals surface area contributed by atoms with Crippen LogP contribution >= 0.6 is 0 Å². The van der Waals surface area contributed by atoms with Gasteiger partial charge >= 0.3 is 6.03 Å². The van der Waals surface area contributed by atoms with Gasteiger partial charge in [-0.15, -0.1) is 0 Å². The number of amides is 2. The van der Waals surface area contributed by atoms with Gasteiger partial charge < -0.3 is 20.1 Å². The van der Waals surface area contributed by atoms with Gasteiger partial charge in [-0.05, 0) is 25.2 Å². The van der Waals surface area contributed by atoms with Crippen molar-refractivity contribution < 1.29 is 14.3 Å². The SMILES string of the molecule is CCCCCCCCCCCCCCCC(CCCCCCCCCCCCCCC)CNC(=O)NCCCOCCOC. The number of methoxy groups -OCH3 is 1. The van der Waals surface area contributed by atoms with Crippen LogP contribution in [0.2, 0.25) is 0 Å². The summed E-state index contributed by atoms with van der Waals surface area (Å²) in [5.74, 6) is 0.610. The lowest BCUT2D eigenvalue weighted by atomic mass is 9.94. The predicted octanol–water partition coefficient (Wildman–Crippen LogP) is 11.9. The Morgan fingerprint density at radius 3 is 1.25 bits per heavy atom. The molecule has 0 spiro atoms. The zero-order chi connectivity index (χ0) is 32.0. The van der Waals surface area contributed by atoms with Crippen LogP contribution in [-0.2, 0) is 9.47 Å². The molecule has 0 unspecified atom stereocenters. The third kappa shape index (κ3) is 35.7. The molecule has 0 bridgehead atoms. The summed E-state index contributed by atoms with van der Waals surface area (Å²) in [5.41, 5.74) is 0. The standard InChI is InChI=1S/C39H80N2O3/c1-4-6-8-10-12-14-16-18-20-22-24-26-28-31-38(37-41-39(42)40-33-30-34-44-36-35-43-3)32-29-27-25-23-21-19-17-15-13-11-9-7-5-2/h38H,4-37H2,1-3H3,(H2,40,41,42). The summed E-state index contributed by atoms with van der Waals surface area (Å²) in [5, 5.41) is 6.18. The van der Waals surface area contributed by atoms with Crippen molar-refractivity contribution in [1.82, 2.24) is 10.6 Å². The summed E-state index contributed by atoms with van der Waals surface area (Å²) in [6, 6.07) is -0.0254. The first-order valence-electron chi connectivity index (χ1n) is 19.8. The predicted molar refractivity (Wildman–Crippen MR) is 193 cm³/mol. The molecule has 0 aliphatic carbocycles. The van der Waals surface area contributed by atoms with Crippen molar-refractivity contribution in [1.29, 1.82) is 0 Å². The lowest BCUT2D eigenvalue weighted by Gasteiger charge is -2.18. The van der Waals surface area contributed by atoms with Gasteiger partial charge in [0.25, 0.3) is 0 Å². The van der Waals surface area contributed by atoms with Crippen molar-refractivity contribution in [2.75, 3.05) is 40.0 Å². The maximum Gasteiger partial charge on any atom is 0.314 e. The molecule has 44 heavy (non-hydrogen) atoms. The van der Waals surface area contributed by atoms with Crippen molar-refractivity contribution in [3.63, 3.8) is 0 Å². The quantitative estimate of drug-likeness (QED) is 0.0676. The number of rotatable bonds is 37. The number of hydrogen-bond acceptors (Lipinski definition) is 3. The third-order valence-electron chi connectivity index (χ3n) is 9.17. The Balaban J connectivity index is 4.02. The third-order valence-corrected chi connectivity index (χ3v) is 9.17. The molecule has 0 saturated carbocycles. The van der Waals surface area contributed by atoms with E-state index in [2.05, 4.69) is 24.5 Å². The molecule has 264 valence electrons. The van der Waals surface area contributed by atoms with E-state index in [4.69, 9.17) is 9.47 Å². The van der Waals surface area contributed by atoms with E-state index in [9.17, 15) is 4.79 Å². The summed E-state index contributed by atoms with van der Waals surface area (Å²) < 4.78 is 10.5. The molecule has 0 fully saturated rings. The number of carbonyl (C=O) groups is 1. The van der Waals surface area contributed by atoms with E-state index >= 15 is 0 Å². The Bertz CT molecular complexity index is 515. The summed E-state index contributed by atoms with van der Waals surface area (Å²) in [6.07, 6.45) is 39.8. The van der Waals surface area contributed by atoms with Crippen molar-refractivity contribution in [2.24, 2.45) is 5.92 Å². The van der Waals surface area contributed by atoms with Crippen LogP contribution in [-0.4, -0.2) is 46.1 Å². The highest BCUT2D eigenvalue weighted by molar-refractivity contribution is 5.73. The van der Waals surface area contributed by atoms with Crippen LogP contribution in [0.1, 0.15) is 200 Å². The van der Waals surface area contributed by atoms with Crippen LogP contribution in [0.3, 0.4) is 0 Å². The molecule has 0 heterocycles. The van der Waals surface area contributed by atoms with Crippen molar-refractivity contribution >= 4 is 6.03 Å². The van der Waals surface area contributed by atoms with Gasteiger partial charge in [0, 0.05) is 26.8 Å². The van der Waals surface area contributed by atoms with Crippen LogP contribution in [0.25, 0.3) is 0 Å². The summed E-state index contributed by atoms with van der Waals surface area (Å²) in [6.45, 7) is 7.94. The maximum absolute atomic E-state index is 12.4. The first kappa shape index (κ1) is 43.2. The molecule has 0 aromatic rings. The van der Waals surface area contributed by atoms with E-state index in [1.54, 1.807) is 7.11 Å². The van der Waals surface area contributed by atoms with Crippen molar-refractivity contribution in [2.45, 2.75) is 200 Å². The summed E-state index contributed by atoms with van der Waals surface area (Å²) in [4.78, 5) is 12.4. The van der Waals surface area contributed by atoms with E-state index in [0.717, 1.165) is 13.0 Å². The minimum absolute atomic E-state index is 0.0254. The minimum Gasteiger partial charge on any atom is -0.382 e. The molecule has 0 aromatic heterocycles. The van der Waals surface area contributed by atoms with Crippen LogP contribution in [0.15, 0.2) is 0 Å². The molecule has 2 N–H and O–H groups in total. The normalized spacial score (nSPS) is 11.5. The fourth-order valence-corrected chi connectivity index (χ4v) is 6.17. The fraction of sp³-hybridized carbons (Fsp3) is 0.974. The molecule has 2 amide bonds. The number of ether oxygens (including phenoxy) is 2. The van der Waals surface area contributed by atoms with E-state index in [1.165, 1.54) is 180 Å². The lowest BCUT2D eigenvalue weighted by molar-refractivity contribution is 0.0697. The number of nitrogens with one attached hydrogen (secondary N) is 2. The van der Waals surface area contributed by atoms with Crippen LogP contribution in [0.4, 0.5) is 4.79 Å². The number of hydrogen-bond donors (Lipinski definition) is 2. The number of urea groups is 1. The largest absolute Gasteiger partial charge is 0.382 e. The van der Waals surface area contributed by atoms with Gasteiger partial charge in [0.15, 0.2) is 0 Å². The number of unbranched alkanes of at least 4 members (excludes halogenated alkanes) is 24. The van der Waals surface area contributed by atoms with Crippen molar-refractivity contribution in [3.05, 3.63) is 0 Å². The molecule has 0 radical (unpaired) electrons. The Morgan fingerprint density at radius 2 is 0.864 bits per heavy atom. The molecule has 0 atom stereocenters. The smallest absolute Gasteiger partial charge is 0.314 e. The Kier molecular flexibility index (Phi) is 37.7. The molecule has 0 aromatic carbocycles.